The summed E-state index contributed by atoms with van der Waals surface area (Å²) in [5.74, 6) is 1.98. The van der Waals surface area contributed by atoms with Crippen LogP contribution in [-0.4, -0.2) is 52.0 Å². The van der Waals surface area contributed by atoms with E-state index < -0.39 is 0 Å². The van der Waals surface area contributed by atoms with Crippen LogP contribution in [0.15, 0.2) is 103 Å². The van der Waals surface area contributed by atoms with Crippen LogP contribution < -0.4 is 10.1 Å². The van der Waals surface area contributed by atoms with Gasteiger partial charge in [0.25, 0.3) is 0 Å². The van der Waals surface area contributed by atoms with Crippen LogP contribution in [0.5, 0.6) is 5.88 Å². The average molecular weight is 543 g/mol. The first-order valence-electron chi connectivity index (χ1n) is 14.2. The van der Waals surface area contributed by atoms with Gasteiger partial charge in [0.05, 0.1) is 18.5 Å². The lowest BCUT2D eigenvalue weighted by Crippen LogP contribution is -2.35. The van der Waals surface area contributed by atoms with Crippen molar-refractivity contribution in [3.05, 3.63) is 109 Å². The highest BCUT2D eigenvalue weighted by molar-refractivity contribution is 5.75. The molecule has 6 rings (SSSR count). The summed E-state index contributed by atoms with van der Waals surface area (Å²) in [6, 6.07) is 35.2. The standard InChI is InChI=1S/C34H34N6O/c1-41-34-16-14-32(37-39-34)30-12-6-10-28(22-30)27-9-5-11-29(21-27)31-13-15-33(38-36-31)35-23-25-17-19-40(20-18-25)24-26-7-3-2-4-8-26/h2-16,21-22,25H,17-20,23-24H2,1H3,(H,35,38). The zero-order valence-electron chi connectivity index (χ0n) is 23.3. The lowest BCUT2D eigenvalue weighted by Gasteiger charge is -2.32. The molecule has 0 saturated carbocycles. The van der Waals surface area contributed by atoms with Gasteiger partial charge in [-0.05, 0) is 78.9 Å². The SMILES string of the molecule is COc1ccc(-c2cccc(-c3cccc(-c4ccc(NCC5CCN(Cc6ccccc6)CC5)nn4)c3)c2)nn1. The normalized spacial score (nSPS) is 14.1. The minimum Gasteiger partial charge on any atom is -0.480 e. The summed E-state index contributed by atoms with van der Waals surface area (Å²) in [6.45, 7) is 4.24. The summed E-state index contributed by atoms with van der Waals surface area (Å²) in [6.07, 6.45) is 2.40. The molecule has 1 aliphatic heterocycles. The number of hydrogen-bond acceptors (Lipinski definition) is 7. The molecule has 5 aromatic rings. The summed E-state index contributed by atoms with van der Waals surface area (Å²) < 4.78 is 5.13. The highest BCUT2D eigenvalue weighted by atomic mass is 16.5. The van der Waals surface area contributed by atoms with E-state index in [1.54, 1.807) is 7.11 Å². The van der Waals surface area contributed by atoms with Gasteiger partial charge in [0.1, 0.15) is 5.82 Å². The Bertz CT molecular complexity index is 1550. The molecule has 1 fully saturated rings. The quantitative estimate of drug-likeness (QED) is 0.225. The highest BCUT2D eigenvalue weighted by Gasteiger charge is 2.19. The molecule has 41 heavy (non-hydrogen) atoms. The van der Waals surface area contributed by atoms with Crippen LogP contribution in [0.4, 0.5) is 5.82 Å². The maximum atomic E-state index is 5.13. The lowest BCUT2D eigenvalue weighted by molar-refractivity contribution is 0.182. The Balaban J connectivity index is 1.05. The van der Waals surface area contributed by atoms with Gasteiger partial charge in [0.2, 0.25) is 5.88 Å². The van der Waals surface area contributed by atoms with Gasteiger partial charge >= 0.3 is 0 Å². The molecule has 7 nitrogen and oxygen atoms in total. The van der Waals surface area contributed by atoms with Gasteiger partial charge in [0, 0.05) is 30.3 Å². The van der Waals surface area contributed by atoms with Gasteiger partial charge in [-0.25, -0.2) is 0 Å². The van der Waals surface area contributed by atoms with E-state index in [-0.39, 0.29) is 0 Å². The first-order chi connectivity index (χ1) is 20.2. The third-order valence-electron chi connectivity index (χ3n) is 7.69. The second-order valence-corrected chi connectivity index (χ2v) is 10.5. The number of ether oxygens (including phenoxy) is 1. The molecule has 1 aliphatic rings. The van der Waals surface area contributed by atoms with Crippen molar-refractivity contribution in [2.45, 2.75) is 19.4 Å². The van der Waals surface area contributed by atoms with Crippen LogP contribution in [-0.2, 0) is 6.54 Å². The predicted octanol–water partition coefficient (Wildman–Crippen LogP) is 6.60. The zero-order chi connectivity index (χ0) is 27.9. The number of piperidine rings is 1. The van der Waals surface area contributed by atoms with E-state index in [4.69, 9.17) is 4.74 Å². The van der Waals surface area contributed by atoms with Crippen molar-refractivity contribution in [1.29, 1.82) is 0 Å². The Labute approximate surface area is 241 Å². The first kappa shape index (κ1) is 26.6. The number of anilines is 1. The third-order valence-corrected chi connectivity index (χ3v) is 7.69. The fourth-order valence-electron chi connectivity index (χ4n) is 5.32. The molecule has 0 aliphatic carbocycles. The summed E-state index contributed by atoms with van der Waals surface area (Å²) >= 11 is 0. The molecule has 0 radical (unpaired) electrons. The number of aromatic nitrogens is 4. The number of nitrogens with zero attached hydrogens (tertiary/aromatic N) is 5. The van der Waals surface area contributed by atoms with Crippen molar-refractivity contribution in [2.75, 3.05) is 32.1 Å². The van der Waals surface area contributed by atoms with Crippen molar-refractivity contribution in [3.63, 3.8) is 0 Å². The lowest BCUT2D eigenvalue weighted by atomic mass is 9.96. The van der Waals surface area contributed by atoms with Crippen molar-refractivity contribution in [2.24, 2.45) is 5.92 Å². The Morgan fingerprint density at radius 1 is 0.683 bits per heavy atom. The van der Waals surface area contributed by atoms with Crippen LogP contribution in [0.1, 0.15) is 18.4 Å². The second kappa shape index (κ2) is 12.7. The van der Waals surface area contributed by atoms with Crippen LogP contribution in [0, 0.1) is 5.92 Å². The molecule has 0 bridgehead atoms. The fourth-order valence-corrected chi connectivity index (χ4v) is 5.32. The molecular weight excluding hydrogens is 508 g/mol. The molecule has 0 unspecified atom stereocenters. The summed E-state index contributed by atoms with van der Waals surface area (Å²) in [5, 5.41) is 20.9. The minimum atomic E-state index is 0.500. The van der Waals surface area contributed by atoms with E-state index in [1.165, 1.54) is 18.4 Å². The minimum absolute atomic E-state index is 0.500. The van der Waals surface area contributed by atoms with Gasteiger partial charge in [0.15, 0.2) is 0 Å². The molecular formula is C34H34N6O. The molecule has 0 amide bonds. The number of hydrogen-bond donors (Lipinski definition) is 1. The van der Waals surface area contributed by atoms with Crippen LogP contribution in [0.25, 0.3) is 33.6 Å². The van der Waals surface area contributed by atoms with E-state index in [1.807, 2.05) is 36.4 Å². The number of nitrogens with one attached hydrogen (secondary N) is 1. The molecule has 0 spiro atoms. The van der Waals surface area contributed by atoms with E-state index >= 15 is 0 Å². The number of methoxy groups -OCH3 is 1. The average Bonchev–Trinajstić information content (AvgIpc) is 3.05. The molecule has 0 atom stereocenters. The zero-order valence-corrected chi connectivity index (χ0v) is 23.3. The fraction of sp³-hybridized carbons (Fsp3) is 0.235. The van der Waals surface area contributed by atoms with Crippen molar-refractivity contribution in [1.82, 2.24) is 25.3 Å². The smallest absolute Gasteiger partial charge is 0.233 e. The third kappa shape index (κ3) is 6.76. The molecule has 3 heterocycles. The molecule has 1 N–H and O–H groups in total. The largest absolute Gasteiger partial charge is 0.480 e. The molecule has 206 valence electrons. The predicted molar refractivity (Wildman–Crippen MR) is 163 cm³/mol. The van der Waals surface area contributed by atoms with Crippen molar-refractivity contribution in [3.8, 4) is 39.5 Å². The van der Waals surface area contributed by atoms with E-state index in [0.717, 1.165) is 65.6 Å². The number of likely N-dealkylation sites (tertiary alicyclic amines) is 1. The van der Waals surface area contributed by atoms with E-state index in [9.17, 15) is 0 Å². The van der Waals surface area contributed by atoms with Crippen LogP contribution >= 0.6 is 0 Å². The van der Waals surface area contributed by atoms with Crippen LogP contribution in [0.3, 0.4) is 0 Å². The highest BCUT2D eigenvalue weighted by Crippen LogP contribution is 2.29. The van der Waals surface area contributed by atoms with Crippen molar-refractivity contribution < 1.29 is 4.74 Å². The van der Waals surface area contributed by atoms with E-state index in [2.05, 4.69) is 97.3 Å². The van der Waals surface area contributed by atoms with Gasteiger partial charge in [-0.3, -0.25) is 4.90 Å². The van der Waals surface area contributed by atoms with Gasteiger partial charge in [-0.15, -0.1) is 20.4 Å². The van der Waals surface area contributed by atoms with Gasteiger partial charge < -0.3 is 10.1 Å². The van der Waals surface area contributed by atoms with Crippen molar-refractivity contribution >= 4 is 5.82 Å². The summed E-state index contributed by atoms with van der Waals surface area (Å²) in [7, 11) is 1.59. The molecule has 1 saturated heterocycles. The molecule has 7 heteroatoms. The maximum absolute atomic E-state index is 5.13. The Hall–Kier alpha value is -4.62. The Morgan fingerprint density at radius 2 is 1.32 bits per heavy atom. The Kier molecular flexibility index (Phi) is 8.24. The topological polar surface area (TPSA) is 76.1 Å². The monoisotopic (exact) mass is 542 g/mol. The first-order valence-corrected chi connectivity index (χ1v) is 14.2. The maximum Gasteiger partial charge on any atom is 0.233 e. The molecule has 3 aromatic carbocycles. The van der Waals surface area contributed by atoms with Gasteiger partial charge in [-0.1, -0.05) is 66.7 Å². The summed E-state index contributed by atoms with van der Waals surface area (Å²) in [4.78, 5) is 2.55. The summed E-state index contributed by atoms with van der Waals surface area (Å²) in [5.41, 5.74) is 7.28. The van der Waals surface area contributed by atoms with Gasteiger partial charge in [-0.2, -0.15) is 0 Å². The second-order valence-electron chi connectivity index (χ2n) is 10.5. The van der Waals surface area contributed by atoms with Crippen LogP contribution in [0.2, 0.25) is 0 Å². The molecule has 2 aromatic heterocycles. The number of benzene rings is 3. The number of rotatable bonds is 9. The Morgan fingerprint density at radius 3 is 1.90 bits per heavy atom. The van der Waals surface area contributed by atoms with E-state index in [0.29, 0.717) is 11.8 Å².